The van der Waals surface area contributed by atoms with Crippen LogP contribution in [0.4, 0.5) is 0 Å². The lowest BCUT2D eigenvalue weighted by atomic mass is 9.91. The Bertz CT molecular complexity index is 477. The SMILES string of the molecule is C=C1CC[C@H](CO[Si](C)(C)C(C)(C)C)[C@H]1C/C=C(\Br)C(=O)OC. The van der Waals surface area contributed by atoms with Crippen LogP contribution in [0.2, 0.25) is 18.1 Å². The number of allylic oxidation sites excluding steroid dienone is 2. The minimum atomic E-state index is -1.72. The topological polar surface area (TPSA) is 35.5 Å². The largest absolute Gasteiger partial charge is 0.465 e. The Morgan fingerprint density at radius 1 is 1.43 bits per heavy atom. The van der Waals surface area contributed by atoms with E-state index in [1.54, 1.807) is 0 Å². The number of carbonyl (C=O) groups is 1. The molecule has 0 unspecified atom stereocenters. The average molecular weight is 403 g/mol. The molecule has 0 aliphatic heterocycles. The number of esters is 1. The van der Waals surface area contributed by atoms with Crippen molar-refractivity contribution in [2.75, 3.05) is 13.7 Å². The predicted octanol–water partition coefficient (Wildman–Crippen LogP) is 5.43. The first kappa shape index (κ1) is 20.7. The fraction of sp³-hybridized carbons (Fsp3) is 0.722. The van der Waals surface area contributed by atoms with Crippen LogP contribution >= 0.6 is 15.9 Å². The second kappa shape index (κ2) is 8.12. The van der Waals surface area contributed by atoms with Gasteiger partial charge in [-0.25, -0.2) is 4.79 Å². The van der Waals surface area contributed by atoms with E-state index >= 15 is 0 Å². The number of methoxy groups -OCH3 is 1. The molecule has 132 valence electrons. The summed E-state index contributed by atoms with van der Waals surface area (Å²) in [6.45, 7) is 16.4. The minimum Gasteiger partial charge on any atom is -0.465 e. The summed E-state index contributed by atoms with van der Waals surface area (Å²) in [5.41, 5.74) is 1.27. The normalized spacial score (nSPS) is 23.3. The first-order valence-corrected chi connectivity index (χ1v) is 12.0. The fourth-order valence-corrected chi connectivity index (χ4v) is 4.00. The van der Waals surface area contributed by atoms with Crippen LogP contribution < -0.4 is 0 Å². The molecular weight excluding hydrogens is 372 g/mol. The Labute approximate surface area is 150 Å². The van der Waals surface area contributed by atoms with Crippen molar-refractivity contribution in [3.8, 4) is 0 Å². The van der Waals surface area contributed by atoms with Gasteiger partial charge in [-0.2, -0.15) is 0 Å². The lowest BCUT2D eigenvalue weighted by Gasteiger charge is -2.37. The fourth-order valence-electron chi connectivity index (χ4n) is 2.59. The molecule has 0 spiro atoms. The molecule has 0 N–H and O–H groups in total. The molecular formula is C18H31BrO3Si. The zero-order chi connectivity index (χ0) is 17.8. The molecule has 0 bridgehead atoms. The molecule has 1 aliphatic rings. The highest BCUT2D eigenvalue weighted by Gasteiger charge is 2.39. The first-order valence-electron chi connectivity index (χ1n) is 8.25. The highest BCUT2D eigenvalue weighted by molar-refractivity contribution is 9.12. The number of rotatable bonds is 6. The number of hydrogen-bond acceptors (Lipinski definition) is 3. The number of ether oxygens (including phenoxy) is 1. The van der Waals surface area contributed by atoms with E-state index in [4.69, 9.17) is 9.16 Å². The number of halogens is 1. The summed E-state index contributed by atoms with van der Waals surface area (Å²) >= 11 is 3.28. The highest BCUT2D eigenvalue weighted by atomic mass is 79.9. The van der Waals surface area contributed by atoms with E-state index in [1.165, 1.54) is 12.7 Å². The maximum absolute atomic E-state index is 11.5. The number of hydrogen-bond donors (Lipinski definition) is 0. The Morgan fingerprint density at radius 3 is 2.57 bits per heavy atom. The van der Waals surface area contributed by atoms with E-state index < -0.39 is 8.32 Å². The van der Waals surface area contributed by atoms with E-state index in [1.807, 2.05) is 6.08 Å². The first-order chi connectivity index (χ1) is 10.5. The summed E-state index contributed by atoms with van der Waals surface area (Å²) in [4.78, 5) is 11.5. The van der Waals surface area contributed by atoms with E-state index in [9.17, 15) is 4.79 Å². The quantitative estimate of drug-likeness (QED) is 0.257. The summed E-state index contributed by atoms with van der Waals surface area (Å²) in [7, 11) is -0.330. The van der Waals surface area contributed by atoms with Crippen LogP contribution in [0.25, 0.3) is 0 Å². The molecule has 0 heterocycles. The second-order valence-corrected chi connectivity index (χ2v) is 13.6. The maximum atomic E-state index is 11.5. The minimum absolute atomic E-state index is 0.228. The molecule has 2 atom stereocenters. The van der Waals surface area contributed by atoms with E-state index in [2.05, 4.69) is 56.4 Å². The van der Waals surface area contributed by atoms with Gasteiger partial charge in [0.05, 0.1) is 11.6 Å². The molecule has 1 rings (SSSR count). The van der Waals surface area contributed by atoms with Crippen molar-refractivity contribution in [1.82, 2.24) is 0 Å². The molecule has 23 heavy (non-hydrogen) atoms. The lowest BCUT2D eigenvalue weighted by Crippen LogP contribution is -2.42. The van der Waals surface area contributed by atoms with Gasteiger partial charge in [-0.05, 0) is 65.2 Å². The van der Waals surface area contributed by atoms with Gasteiger partial charge < -0.3 is 9.16 Å². The van der Waals surface area contributed by atoms with Crippen molar-refractivity contribution < 1.29 is 14.0 Å². The summed E-state index contributed by atoms with van der Waals surface area (Å²) in [6.07, 6.45) is 4.90. The van der Waals surface area contributed by atoms with Crippen LogP contribution in [0, 0.1) is 11.8 Å². The molecule has 0 aromatic carbocycles. The zero-order valence-corrected chi connectivity index (χ0v) is 18.0. The molecule has 1 aliphatic carbocycles. The molecule has 1 saturated carbocycles. The van der Waals surface area contributed by atoms with Crippen molar-refractivity contribution in [1.29, 1.82) is 0 Å². The van der Waals surface area contributed by atoms with Gasteiger partial charge in [0.15, 0.2) is 8.32 Å². The van der Waals surface area contributed by atoms with Gasteiger partial charge in [0, 0.05) is 6.61 Å². The van der Waals surface area contributed by atoms with Crippen LogP contribution in [0.3, 0.4) is 0 Å². The van der Waals surface area contributed by atoms with Crippen molar-refractivity contribution in [2.24, 2.45) is 11.8 Å². The van der Waals surface area contributed by atoms with Crippen molar-refractivity contribution >= 4 is 30.2 Å². The summed E-state index contributed by atoms with van der Waals surface area (Å²) in [5, 5.41) is 0.228. The Balaban J connectivity index is 2.69. The van der Waals surface area contributed by atoms with Gasteiger partial charge in [-0.1, -0.05) is 39.0 Å². The maximum Gasteiger partial charge on any atom is 0.344 e. The van der Waals surface area contributed by atoms with Gasteiger partial charge in [0.2, 0.25) is 0 Å². The van der Waals surface area contributed by atoms with Crippen LogP contribution in [-0.4, -0.2) is 28.0 Å². The Hall–Kier alpha value is -0.393. The molecule has 1 fully saturated rings. The average Bonchev–Trinajstić information content (AvgIpc) is 2.81. The predicted molar refractivity (Wildman–Crippen MR) is 102 cm³/mol. The summed E-state index contributed by atoms with van der Waals surface area (Å²) < 4.78 is 11.6. The molecule has 0 aromatic rings. The second-order valence-electron chi connectivity index (χ2n) is 7.91. The molecule has 0 radical (unpaired) electrons. The molecule has 0 aromatic heterocycles. The smallest absolute Gasteiger partial charge is 0.344 e. The zero-order valence-electron chi connectivity index (χ0n) is 15.4. The summed E-state index contributed by atoms with van der Waals surface area (Å²) in [5.74, 6) is 0.547. The Morgan fingerprint density at radius 2 is 2.04 bits per heavy atom. The van der Waals surface area contributed by atoms with Crippen LogP contribution in [0.5, 0.6) is 0 Å². The lowest BCUT2D eigenvalue weighted by molar-refractivity contribution is -0.135. The van der Waals surface area contributed by atoms with Gasteiger partial charge in [0.1, 0.15) is 0 Å². The van der Waals surface area contributed by atoms with Crippen molar-refractivity contribution in [2.45, 2.75) is 58.2 Å². The van der Waals surface area contributed by atoms with E-state index in [0.29, 0.717) is 16.3 Å². The van der Waals surface area contributed by atoms with Gasteiger partial charge in [0.25, 0.3) is 0 Å². The third-order valence-corrected chi connectivity index (χ3v) is 10.5. The standard InChI is InChI=1S/C18H31BrO3Si/c1-13-8-9-14(12-22-23(6,7)18(2,3)4)15(13)10-11-16(19)17(20)21-5/h11,14-15H,1,8-10,12H2,2-7H3/b16-11-/t14-,15+/m1/s1. The molecule has 0 saturated heterocycles. The van der Waals surface area contributed by atoms with E-state index in [0.717, 1.165) is 25.9 Å². The summed E-state index contributed by atoms with van der Waals surface area (Å²) in [6, 6.07) is 0. The van der Waals surface area contributed by atoms with Crippen LogP contribution in [0.15, 0.2) is 22.7 Å². The van der Waals surface area contributed by atoms with Crippen molar-refractivity contribution in [3.63, 3.8) is 0 Å². The molecule has 3 nitrogen and oxygen atoms in total. The monoisotopic (exact) mass is 402 g/mol. The van der Waals surface area contributed by atoms with Gasteiger partial charge >= 0.3 is 5.97 Å². The van der Waals surface area contributed by atoms with Crippen LogP contribution in [0.1, 0.15) is 40.0 Å². The number of carbonyl (C=O) groups excluding carboxylic acids is 1. The third kappa shape index (κ3) is 5.57. The highest BCUT2D eigenvalue weighted by Crippen LogP contribution is 2.41. The Kier molecular flexibility index (Phi) is 7.29. The van der Waals surface area contributed by atoms with Gasteiger partial charge in [-0.15, -0.1) is 0 Å². The van der Waals surface area contributed by atoms with Crippen LogP contribution in [-0.2, 0) is 14.0 Å². The van der Waals surface area contributed by atoms with Gasteiger partial charge in [-0.3, -0.25) is 0 Å². The third-order valence-electron chi connectivity index (χ3n) is 5.33. The molecule has 5 heteroatoms. The molecule has 0 amide bonds. The van der Waals surface area contributed by atoms with Crippen molar-refractivity contribution in [3.05, 3.63) is 22.7 Å². The van der Waals surface area contributed by atoms with E-state index in [-0.39, 0.29) is 11.0 Å².